The fraction of sp³-hybridized carbons (Fsp3) is 0.250. The molecule has 2 aromatic carbocycles. The summed E-state index contributed by atoms with van der Waals surface area (Å²) in [5.41, 5.74) is 1.91. The Labute approximate surface area is 137 Å². The molecule has 2 rings (SSSR count). The summed E-state index contributed by atoms with van der Waals surface area (Å²) in [5.74, 6) is 0.422. The van der Waals surface area contributed by atoms with Crippen molar-refractivity contribution < 1.29 is 9.13 Å². The van der Waals surface area contributed by atoms with E-state index in [1.807, 2.05) is 19.1 Å². The van der Waals surface area contributed by atoms with Crippen molar-refractivity contribution >= 4 is 27.5 Å². The Kier molecular flexibility index (Phi) is 5.62. The Morgan fingerprint density at radius 2 is 2.05 bits per heavy atom. The molecule has 112 valence electrons. The highest BCUT2D eigenvalue weighted by Gasteiger charge is 2.18. The summed E-state index contributed by atoms with van der Waals surface area (Å²) < 4.78 is 19.3. The lowest BCUT2D eigenvalue weighted by atomic mass is 9.97. The maximum absolute atomic E-state index is 13.4. The van der Waals surface area contributed by atoms with Crippen LogP contribution in [0.2, 0.25) is 5.02 Å². The summed E-state index contributed by atoms with van der Waals surface area (Å²) in [5, 5.41) is 4.01. The van der Waals surface area contributed by atoms with E-state index in [0.717, 1.165) is 17.7 Å². The highest BCUT2D eigenvalue weighted by molar-refractivity contribution is 9.10. The molecule has 1 N–H and O–H groups in total. The average Bonchev–Trinajstić information content (AvgIpc) is 2.48. The molecule has 0 aliphatic carbocycles. The van der Waals surface area contributed by atoms with Crippen LogP contribution in [-0.4, -0.2) is 13.7 Å². The van der Waals surface area contributed by atoms with Gasteiger partial charge in [0, 0.05) is 10.6 Å². The minimum absolute atomic E-state index is 0.0980. The van der Waals surface area contributed by atoms with Gasteiger partial charge in [0.05, 0.1) is 17.6 Å². The van der Waals surface area contributed by atoms with Crippen molar-refractivity contribution in [2.45, 2.75) is 13.0 Å². The first-order valence-corrected chi connectivity index (χ1v) is 7.75. The molecule has 0 amide bonds. The number of rotatable bonds is 5. The third kappa shape index (κ3) is 3.76. The molecule has 2 nitrogen and oxygen atoms in total. The van der Waals surface area contributed by atoms with E-state index in [9.17, 15) is 4.39 Å². The normalized spacial score (nSPS) is 12.2. The lowest BCUT2D eigenvalue weighted by Crippen LogP contribution is -2.22. The number of nitrogens with one attached hydrogen (secondary N) is 1. The van der Waals surface area contributed by atoms with Crippen LogP contribution >= 0.6 is 27.5 Å². The van der Waals surface area contributed by atoms with Crippen molar-refractivity contribution in [1.82, 2.24) is 5.32 Å². The number of methoxy groups -OCH3 is 1. The van der Waals surface area contributed by atoms with E-state index in [1.165, 1.54) is 6.07 Å². The summed E-state index contributed by atoms with van der Waals surface area (Å²) in [7, 11) is 1.61. The van der Waals surface area contributed by atoms with E-state index >= 15 is 0 Å². The van der Waals surface area contributed by atoms with Crippen LogP contribution in [-0.2, 0) is 0 Å². The van der Waals surface area contributed by atoms with Crippen molar-refractivity contribution in [1.29, 1.82) is 0 Å². The van der Waals surface area contributed by atoms with E-state index in [0.29, 0.717) is 15.2 Å². The van der Waals surface area contributed by atoms with Crippen molar-refractivity contribution in [3.63, 3.8) is 0 Å². The van der Waals surface area contributed by atoms with E-state index in [2.05, 4.69) is 21.2 Å². The first kappa shape index (κ1) is 16.3. The van der Waals surface area contributed by atoms with Gasteiger partial charge in [0.25, 0.3) is 0 Å². The van der Waals surface area contributed by atoms with Crippen LogP contribution in [0.3, 0.4) is 0 Å². The maximum atomic E-state index is 13.4. The average molecular weight is 373 g/mol. The molecule has 0 bridgehead atoms. The molecule has 0 spiro atoms. The lowest BCUT2D eigenvalue weighted by molar-refractivity contribution is 0.404. The second kappa shape index (κ2) is 7.25. The Bertz CT molecular complexity index is 636. The quantitative estimate of drug-likeness (QED) is 0.802. The predicted octanol–water partition coefficient (Wildman–Crippen LogP) is 4.95. The molecule has 21 heavy (non-hydrogen) atoms. The van der Waals surface area contributed by atoms with E-state index in [1.54, 1.807) is 25.3 Å². The maximum Gasteiger partial charge on any atom is 0.137 e. The van der Waals surface area contributed by atoms with Gasteiger partial charge in [0.15, 0.2) is 0 Å². The van der Waals surface area contributed by atoms with Crippen LogP contribution in [0.15, 0.2) is 40.9 Å². The molecule has 1 atom stereocenters. The molecule has 0 heterocycles. The van der Waals surface area contributed by atoms with Crippen molar-refractivity contribution in [3.05, 3.63) is 62.8 Å². The molecule has 0 radical (unpaired) electrons. The minimum atomic E-state index is -0.280. The SMILES string of the molecule is CCNC(c1ccc(F)c(Br)c1)c1ccc(Cl)cc1OC. The fourth-order valence-corrected chi connectivity index (χ4v) is 2.79. The summed E-state index contributed by atoms with van der Waals surface area (Å²) in [6.07, 6.45) is 0. The summed E-state index contributed by atoms with van der Waals surface area (Å²) in [4.78, 5) is 0. The van der Waals surface area contributed by atoms with Crippen LogP contribution in [0.25, 0.3) is 0 Å². The lowest BCUT2D eigenvalue weighted by Gasteiger charge is -2.22. The van der Waals surface area contributed by atoms with Crippen LogP contribution in [0, 0.1) is 5.82 Å². The summed E-state index contributed by atoms with van der Waals surface area (Å²) >= 11 is 9.24. The molecule has 1 unspecified atom stereocenters. The molecule has 0 aliphatic heterocycles. The highest BCUT2D eigenvalue weighted by atomic mass is 79.9. The molecular weight excluding hydrogens is 357 g/mol. The van der Waals surface area contributed by atoms with E-state index < -0.39 is 0 Å². The molecule has 5 heteroatoms. The Morgan fingerprint density at radius 3 is 2.67 bits per heavy atom. The second-order valence-electron chi connectivity index (χ2n) is 4.55. The fourth-order valence-electron chi connectivity index (χ4n) is 2.23. The Hall–Kier alpha value is -1.10. The van der Waals surface area contributed by atoms with E-state index in [4.69, 9.17) is 16.3 Å². The smallest absolute Gasteiger partial charge is 0.137 e. The third-order valence-electron chi connectivity index (χ3n) is 3.19. The molecule has 0 saturated carbocycles. The van der Waals surface area contributed by atoms with Crippen molar-refractivity contribution in [2.24, 2.45) is 0 Å². The molecule has 0 aromatic heterocycles. The van der Waals surface area contributed by atoms with Gasteiger partial charge in [-0.05, 0) is 52.3 Å². The zero-order chi connectivity index (χ0) is 15.4. The standard InChI is InChI=1S/C16H16BrClFNO/c1-3-20-16(10-4-7-14(19)13(17)8-10)12-6-5-11(18)9-15(12)21-2/h4-9,16,20H,3H2,1-2H3. The number of hydrogen-bond acceptors (Lipinski definition) is 2. The zero-order valence-electron chi connectivity index (χ0n) is 11.8. The monoisotopic (exact) mass is 371 g/mol. The molecular formula is C16H16BrClFNO. The summed E-state index contributed by atoms with van der Waals surface area (Å²) in [6, 6.07) is 10.4. The molecule has 0 saturated heterocycles. The molecule has 0 aliphatic rings. The van der Waals surface area contributed by atoms with Crippen molar-refractivity contribution in [2.75, 3.05) is 13.7 Å². The molecule has 2 aromatic rings. The minimum Gasteiger partial charge on any atom is -0.496 e. The zero-order valence-corrected chi connectivity index (χ0v) is 14.1. The van der Waals surface area contributed by atoms with Gasteiger partial charge in [0.1, 0.15) is 11.6 Å². The molecule has 0 fully saturated rings. The topological polar surface area (TPSA) is 21.3 Å². The van der Waals surface area contributed by atoms with Crippen LogP contribution in [0.1, 0.15) is 24.1 Å². The van der Waals surface area contributed by atoms with Crippen LogP contribution in [0.5, 0.6) is 5.75 Å². The first-order chi connectivity index (χ1) is 10.1. The predicted molar refractivity (Wildman–Crippen MR) is 87.6 cm³/mol. The van der Waals surface area contributed by atoms with Gasteiger partial charge in [-0.3, -0.25) is 0 Å². The Balaban J connectivity index is 2.50. The van der Waals surface area contributed by atoms with Crippen molar-refractivity contribution in [3.8, 4) is 5.75 Å². The second-order valence-corrected chi connectivity index (χ2v) is 5.84. The van der Waals surface area contributed by atoms with Gasteiger partial charge in [-0.2, -0.15) is 0 Å². The number of ether oxygens (including phenoxy) is 1. The van der Waals surface area contributed by atoms with Gasteiger partial charge in [-0.1, -0.05) is 30.7 Å². The first-order valence-electron chi connectivity index (χ1n) is 6.58. The number of hydrogen-bond donors (Lipinski definition) is 1. The van der Waals surface area contributed by atoms with Crippen LogP contribution in [0.4, 0.5) is 4.39 Å². The van der Waals surface area contributed by atoms with E-state index in [-0.39, 0.29) is 11.9 Å². The van der Waals surface area contributed by atoms with Gasteiger partial charge in [0.2, 0.25) is 0 Å². The van der Waals surface area contributed by atoms with Crippen LogP contribution < -0.4 is 10.1 Å². The third-order valence-corrected chi connectivity index (χ3v) is 4.03. The number of halogens is 3. The Morgan fingerprint density at radius 1 is 1.29 bits per heavy atom. The highest BCUT2D eigenvalue weighted by Crippen LogP contribution is 2.33. The van der Waals surface area contributed by atoms with Gasteiger partial charge in [-0.25, -0.2) is 4.39 Å². The van der Waals surface area contributed by atoms with Gasteiger partial charge >= 0.3 is 0 Å². The largest absolute Gasteiger partial charge is 0.496 e. The summed E-state index contributed by atoms with van der Waals surface area (Å²) in [6.45, 7) is 2.79. The number of benzene rings is 2. The van der Waals surface area contributed by atoms with Gasteiger partial charge < -0.3 is 10.1 Å². The van der Waals surface area contributed by atoms with Gasteiger partial charge in [-0.15, -0.1) is 0 Å².